The minimum atomic E-state index is -1.20. The van der Waals surface area contributed by atoms with E-state index in [1.54, 1.807) is 25.3 Å². The number of methoxy groups -OCH3 is 1. The number of carboxylic acid groups (broad SMARTS) is 1. The maximum Gasteiger partial charge on any atom is 0.161 e. The second-order valence-electron chi connectivity index (χ2n) is 4.81. The van der Waals surface area contributed by atoms with Gasteiger partial charge in [-0.05, 0) is 35.4 Å². The first-order valence-electron chi connectivity index (χ1n) is 7.10. The Morgan fingerprint density at radius 2 is 2.09 bits per heavy atom. The number of rotatable bonds is 8. The molecule has 0 amide bonds. The molecule has 1 N–H and O–H groups in total. The molecule has 0 radical (unpaired) electrons. The van der Waals surface area contributed by atoms with Crippen LogP contribution in [0.15, 0.2) is 55.1 Å². The van der Waals surface area contributed by atoms with Crippen molar-refractivity contribution >= 4 is 11.7 Å². The van der Waals surface area contributed by atoms with Crippen LogP contribution in [0.5, 0.6) is 11.5 Å². The van der Waals surface area contributed by atoms with Crippen molar-refractivity contribution in [2.24, 2.45) is 0 Å². The van der Waals surface area contributed by atoms with Crippen LogP contribution in [0.3, 0.4) is 0 Å². The zero-order chi connectivity index (χ0) is 16.7. The van der Waals surface area contributed by atoms with Crippen LogP contribution in [0.25, 0.3) is 0 Å². The van der Waals surface area contributed by atoms with Gasteiger partial charge in [-0.3, -0.25) is 0 Å². The lowest BCUT2D eigenvalue weighted by Gasteiger charge is -2.12. The van der Waals surface area contributed by atoms with Gasteiger partial charge in [-0.2, -0.15) is 0 Å². The van der Waals surface area contributed by atoms with Gasteiger partial charge in [0.2, 0.25) is 0 Å². The maximum absolute atomic E-state index is 10.9. The van der Waals surface area contributed by atoms with Crippen molar-refractivity contribution < 1.29 is 19.4 Å². The first-order chi connectivity index (χ1) is 11.1. The lowest BCUT2D eigenvalue weighted by molar-refractivity contribution is -0.255. The van der Waals surface area contributed by atoms with Gasteiger partial charge >= 0.3 is 0 Å². The molecule has 0 heterocycles. The fourth-order valence-electron chi connectivity index (χ4n) is 2.05. The molecule has 0 spiro atoms. The molecule has 0 aliphatic carbocycles. The molecule has 120 valence electrons. The van der Waals surface area contributed by atoms with E-state index in [-0.39, 0.29) is 5.56 Å². The standard InChI is InChI=1S/C18H19NO4/c1-3-9-23-16-8-7-13(10-17(16)22-2)12-19-15-6-4-5-14(11-15)18(20)21/h3-8,10-11,19H,1,9,12H2,2H3,(H,20,21)/p-1. The van der Waals surface area contributed by atoms with E-state index < -0.39 is 5.97 Å². The third-order valence-corrected chi connectivity index (χ3v) is 3.18. The Bertz CT molecular complexity index is 697. The number of anilines is 1. The molecule has 0 aliphatic rings. The second kappa shape index (κ2) is 7.89. The fraction of sp³-hybridized carbons (Fsp3) is 0.167. The van der Waals surface area contributed by atoms with Gasteiger partial charge in [0.25, 0.3) is 0 Å². The highest BCUT2D eigenvalue weighted by Gasteiger charge is 2.05. The number of hydrogen-bond donors (Lipinski definition) is 1. The van der Waals surface area contributed by atoms with Crippen molar-refractivity contribution in [1.82, 2.24) is 0 Å². The highest BCUT2D eigenvalue weighted by atomic mass is 16.5. The number of benzene rings is 2. The molecule has 2 rings (SSSR count). The Balaban J connectivity index is 2.07. The smallest absolute Gasteiger partial charge is 0.161 e. The molecule has 0 fully saturated rings. The van der Waals surface area contributed by atoms with Crippen molar-refractivity contribution in [2.75, 3.05) is 19.0 Å². The largest absolute Gasteiger partial charge is 0.545 e. The molecular formula is C18H18NO4-. The number of carbonyl (C=O) groups excluding carboxylic acids is 1. The van der Waals surface area contributed by atoms with Crippen molar-refractivity contribution in [3.05, 3.63) is 66.2 Å². The zero-order valence-corrected chi connectivity index (χ0v) is 12.9. The fourth-order valence-corrected chi connectivity index (χ4v) is 2.05. The summed E-state index contributed by atoms with van der Waals surface area (Å²) in [6, 6.07) is 12.1. The zero-order valence-electron chi connectivity index (χ0n) is 12.9. The number of aromatic carboxylic acids is 1. The third kappa shape index (κ3) is 4.51. The van der Waals surface area contributed by atoms with Crippen molar-refractivity contribution in [1.29, 1.82) is 0 Å². The molecule has 2 aromatic carbocycles. The summed E-state index contributed by atoms with van der Waals surface area (Å²) in [4.78, 5) is 10.9. The number of ether oxygens (including phenoxy) is 2. The minimum Gasteiger partial charge on any atom is -0.545 e. The average molecular weight is 312 g/mol. The van der Waals surface area contributed by atoms with Crippen molar-refractivity contribution in [3.63, 3.8) is 0 Å². The number of carboxylic acids is 1. The molecule has 5 heteroatoms. The maximum atomic E-state index is 10.9. The van der Waals surface area contributed by atoms with Gasteiger partial charge in [-0.15, -0.1) is 0 Å². The summed E-state index contributed by atoms with van der Waals surface area (Å²) in [5.74, 6) is 0.0868. The van der Waals surface area contributed by atoms with Crippen LogP contribution < -0.4 is 19.9 Å². The first-order valence-corrected chi connectivity index (χ1v) is 7.10. The topological polar surface area (TPSA) is 70.6 Å². The van der Waals surface area contributed by atoms with Crippen LogP contribution in [-0.4, -0.2) is 19.7 Å². The summed E-state index contributed by atoms with van der Waals surface area (Å²) < 4.78 is 10.8. The molecule has 0 saturated heterocycles. The molecule has 2 aromatic rings. The molecule has 5 nitrogen and oxygen atoms in total. The predicted octanol–water partition coefficient (Wildman–Crippen LogP) is 2.24. The van der Waals surface area contributed by atoms with Gasteiger partial charge in [0.05, 0.1) is 13.1 Å². The van der Waals surface area contributed by atoms with Gasteiger partial charge in [-0.1, -0.05) is 30.9 Å². The van der Waals surface area contributed by atoms with Crippen LogP contribution in [0.1, 0.15) is 15.9 Å². The molecule has 0 saturated carbocycles. The number of carbonyl (C=O) groups is 1. The summed E-state index contributed by atoms with van der Waals surface area (Å²) in [7, 11) is 1.58. The first kappa shape index (κ1) is 16.4. The molecule has 23 heavy (non-hydrogen) atoms. The summed E-state index contributed by atoms with van der Waals surface area (Å²) in [5.41, 5.74) is 1.82. The van der Waals surface area contributed by atoms with E-state index in [1.165, 1.54) is 12.1 Å². The van der Waals surface area contributed by atoms with E-state index in [2.05, 4.69) is 11.9 Å². The van der Waals surface area contributed by atoms with Gasteiger partial charge in [0.1, 0.15) is 6.61 Å². The predicted molar refractivity (Wildman–Crippen MR) is 86.8 cm³/mol. The van der Waals surface area contributed by atoms with Crippen LogP contribution >= 0.6 is 0 Å². The van der Waals surface area contributed by atoms with Gasteiger partial charge < -0.3 is 24.7 Å². The lowest BCUT2D eigenvalue weighted by Crippen LogP contribution is -2.22. The quantitative estimate of drug-likeness (QED) is 0.757. The second-order valence-corrected chi connectivity index (χ2v) is 4.81. The van der Waals surface area contributed by atoms with Crippen molar-refractivity contribution in [2.45, 2.75) is 6.54 Å². The van der Waals surface area contributed by atoms with E-state index >= 15 is 0 Å². The van der Waals surface area contributed by atoms with E-state index in [0.29, 0.717) is 30.3 Å². The van der Waals surface area contributed by atoms with Gasteiger partial charge in [-0.25, -0.2) is 0 Å². The lowest BCUT2D eigenvalue weighted by atomic mass is 10.1. The SMILES string of the molecule is C=CCOc1ccc(CNc2cccc(C(=O)[O-])c2)cc1OC. The molecule has 0 aliphatic heterocycles. The van der Waals surface area contributed by atoms with Gasteiger partial charge in [0.15, 0.2) is 11.5 Å². The molecule has 0 unspecified atom stereocenters. The molecule has 0 aromatic heterocycles. The summed E-state index contributed by atoms with van der Waals surface area (Å²) in [5, 5.41) is 14.0. The summed E-state index contributed by atoms with van der Waals surface area (Å²) in [6.45, 7) is 4.54. The average Bonchev–Trinajstić information content (AvgIpc) is 2.58. The van der Waals surface area contributed by atoms with Crippen LogP contribution in [-0.2, 0) is 6.54 Å². The molecule has 0 bridgehead atoms. The van der Waals surface area contributed by atoms with Gasteiger partial charge in [0, 0.05) is 12.2 Å². The minimum absolute atomic E-state index is 0.140. The summed E-state index contributed by atoms with van der Waals surface area (Å²) >= 11 is 0. The van der Waals surface area contributed by atoms with Crippen LogP contribution in [0.4, 0.5) is 5.69 Å². The van der Waals surface area contributed by atoms with E-state index in [4.69, 9.17) is 9.47 Å². The Morgan fingerprint density at radius 1 is 1.26 bits per heavy atom. The van der Waals surface area contributed by atoms with E-state index in [0.717, 1.165) is 5.56 Å². The highest BCUT2D eigenvalue weighted by Crippen LogP contribution is 2.28. The monoisotopic (exact) mass is 312 g/mol. The normalized spacial score (nSPS) is 9.96. The highest BCUT2D eigenvalue weighted by molar-refractivity contribution is 5.87. The Labute approximate surface area is 135 Å². The number of nitrogens with one attached hydrogen (secondary N) is 1. The Kier molecular flexibility index (Phi) is 5.63. The van der Waals surface area contributed by atoms with Crippen LogP contribution in [0, 0.1) is 0 Å². The third-order valence-electron chi connectivity index (χ3n) is 3.18. The summed E-state index contributed by atoms with van der Waals surface area (Å²) in [6.07, 6.45) is 1.67. The van der Waals surface area contributed by atoms with E-state index in [1.807, 2.05) is 18.2 Å². The molecule has 0 atom stereocenters. The Morgan fingerprint density at radius 3 is 2.78 bits per heavy atom. The molecular weight excluding hydrogens is 294 g/mol. The van der Waals surface area contributed by atoms with Crippen molar-refractivity contribution in [3.8, 4) is 11.5 Å². The van der Waals surface area contributed by atoms with E-state index in [9.17, 15) is 9.90 Å². The van der Waals surface area contributed by atoms with Crippen LogP contribution in [0.2, 0.25) is 0 Å². The Hall–Kier alpha value is -2.95. The number of hydrogen-bond acceptors (Lipinski definition) is 5.